The summed E-state index contributed by atoms with van der Waals surface area (Å²) in [5.41, 5.74) is -3.74. The summed E-state index contributed by atoms with van der Waals surface area (Å²) in [5.74, 6) is -2.59. The van der Waals surface area contributed by atoms with Gasteiger partial charge in [-0.15, -0.1) is 0 Å². The van der Waals surface area contributed by atoms with E-state index in [-0.39, 0.29) is 35.7 Å². The number of carboxylic acids is 1. The summed E-state index contributed by atoms with van der Waals surface area (Å²) in [6.07, 6.45) is -0.376. The second-order valence-electron chi connectivity index (χ2n) is 12.7. The van der Waals surface area contributed by atoms with Gasteiger partial charge in [0.1, 0.15) is 17.5 Å². The van der Waals surface area contributed by atoms with Crippen molar-refractivity contribution < 1.29 is 37.0 Å². The number of amides is 2. The normalized spacial score (nSPS) is 22.4. The molecular formula is C29H35ClFN3O7S. The van der Waals surface area contributed by atoms with Crippen molar-refractivity contribution in [1.29, 1.82) is 0 Å². The lowest BCUT2D eigenvalue weighted by Gasteiger charge is -2.72. The molecule has 10 nitrogen and oxygen atoms in total. The Labute approximate surface area is 249 Å². The Kier molecular flexibility index (Phi) is 8.16. The SMILES string of the molecule is CC(C)(C)OC(=O)NC(C)(C)[C@@H](NC(=O)C12CC(N(Cc3ccc(Cl)c(F)c3)S(=O)(=O)c3ccccc3)(C1)C2)C(=O)O. The molecule has 0 aliphatic heterocycles. The zero-order valence-electron chi connectivity index (χ0n) is 24.0. The van der Waals surface area contributed by atoms with Crippen molar-refractivity contribution in [2.45, 2.75) is 88.0 Å². The lowest BCUT2D eigenvalue weighted by Crippen LogP contribution is -2.79. The van der Waals surface area contributed by atoms with Crippen LogP contribution in [0.15, 0.2) is 53.4 Å². The molecule has 42 heavy (non-hydrogen) atoms. The zero-order valence-corrected chi connectivity index (χ0v) is 25.6. The lowest BCUT2D eigenvalue weighted by atomic mass is 9.39. The van der Waals surface area contributed by atoms with E-state index in [9.17, 15) is 32.3 Å². The molecule has 1 atom stereocenters. The van der Waals surface area contributed by atoms with Gasteiger partial charge in [-0.05, 0) is 83.7 Å². The summed E-state index contributed by atoms with van der Waals surface area (Å²) in [5, 5.41) is 14.9. The zero-order chi connectivity index (χ0) is 31.3. The summed E-state index contributed by atoms with van der Waals surface area (Å²) < 4.78 is 48.4. The van der Waals surface area contributed by atoms with E-state index < -0.39 is 61.9 Å². The third-order valence-electron chi connectivity index (χ3n) is 7.72. The van der Waals surface area contributed by atoms with Crippen LogP contribution in [0, 0.1) is 11.2 Å². The number of nitrogens with zero attached hydrogens (tertiary/aromatic N) is 1. The second kappa shape index (κ2) is 10.8. The third-order valence-corrected chi connectivity index (χ3v) is 9.99. The maximum Gasteiger partial charge on any atom is 0.408 e. The topological polar surface area (TPSA) is 142 Å². The molecule has 2 aromatic rings. The maximum atomic E-state index is 14.2. The van der Waals surface area contributed by atoms with Crippen molar-refractivity contribution in [2.75, 3.05) is 0 Å². The Hall–Kier alpha value is -3.22. The minimum atomic E-state index is -4.05. The molecular weight excluding hydrogens is 589 g/mol. The largest absolute Gasteiger partial charge is 0.480 e. The highest BCUT2D eigenvalue weighted by atomic mass is 35.5. The molecule has 3 saturated carbocycles. The van der Waals surface area contributed by atoms with Crippen LogP contribution in [0.25, 0.3) is 0 Å². The summed E-state index contributed by atoms with van der Waals surface area (Å²) >= 11 is 5.82. The quantitative estimate of drug-likeness (QED) is 0.355. The molecule has 0 aromatic heterocycles. The van der Waals surface area contributed by atoms with E-state index in [2.05, 4.69) is 10.6 Å². The number of halogens is 2. The fourth-order valence-electron chi connectivity index (χ4n) is 5.74. The van der Waals surface area contributed by atoms with Crippen LogP contribution in [0.4, 0.5) is 9.18 Å². The number of carboxylic acid groups (broad SMARTS) is 1. The van der Waals surface area contributed by atoms with Gasteiger partial charge in [-0.1, -0.05) is 35.9 Å². The Bertz CT molecular complexity index is 1490. The van der Waals surface area contributed by atoms with E-state index >= 15 is 0 Å². The number of nitrogens with one attached hydrogen (secondary N) is 2. The number of rotatable bonds is 10. The Morgan fingerprint density at radius 2 is 1.67 bits per heavy atom. The molecule has 0 saturated heterocycles. The average Bonchev–Trinajstić information content (AvgIpc) is 2.81. The molecule has 3 N–H and O–H groups in total. The van der Waals surface area contributed by atoms with Crippen molar-refractivity contribution in [3.8, 4) is 0 Å². The first-order valence-corrected chi connectivity index (χ1v) is 15.2. The van der Waals surface area contributed by atoms with Crippen LogP contribution < -0.4 is 10.6 Å². The van der Waals surface area contributed by atoms with E-state index in [1.807, 2.05) is 0 Å². The first-order chi connectivity index (χ1) is 19.3. The van der Waals surface area contributed by atoms with Crippen molar-refractivity contribution in [3.63, 3.8) is 0 Å². The van der Waals surface area contributed by atoms with Crippen LogP contribution in [0.1, 0.15) is 59.4 Å². The van der Waals surface area contributed by atoms with Gasteiger partial charge < -0.3 is 20.5 Å². The van der Waals surface area contributed by atoms with E-state index in [0.29, 0.717) is 5.56 Å². The minimum absolute atomic E-state index is 0.0589. The number of alkyl carbamates (subject to hydrolysis) is 1. The lowest BCUT2D eigenvalue weighted by molar-refractivity contribution is -0.203. The number of benzene rings is 2. The fraction of sp³-hybridized carbons (Fsp3) is 0.483. The van der Waals surface area contributed by atoms with Gasteiger partial charge in [-0.3, -0.25) is 4.79 Å². The standard InChI is InChI=1S/C29H35ClFN3O7S/c1-26(2,3)41-25(38)33-27(4,5)22(23(35)36)32-24(37)28-15-29(16-28,17-28)34(14-18-11-12-20(30)21(31)13-18)42(39,40)19-9-7-6-8-10-19/h6-13,22H,14-17H2,1-5H3,(H,32,37)(H,33,38)(H,35,36)/t22-,28?,29?/m0/s1. The first-order valence-electron chi connectivity index (χ1n) is 13.4. The molecule has 2 aromatic carbocycles. The van der Waals surface area contributed by atoms with Crippen LogP contribution in [0.5, 0.6) is 0 Å². The van der Waals surface area contributed by atoms with Crippen molar-refractivity contribution >= 4 is 39.6 Å². The molecule has 3 fully saturated rings. The number of aliphatic carboxylic acids is 1. The fourth-order valence-corrected chi connectivity index (χ4v) is 7.64. The summed E-state index contributed by atoms with van der Waals surface area (Å²) in [6, 6.07) is 10.4. The maximum absolute atomic E-state index is 14.2. The second-order valence-corrected chi connectivity index (χ2v) is 15.0. The van der Waals surface area contributed by atoms with Gasteiger partial charge in [-0.2, -0.15) is 4.31 Å². The average molecular weight is 624 g/mol. The van der Waals surface area contributed by atoms with E-state index in [0.717, 1.165) is 0 Å². The summed E-state index contributed by atoms with van der Waals surface area (Å²) in [7, 11) is -4.05. The van der Waals surface area contributed by atoms with Gasteiger partial charge in [-0.25, -0.2) is 22.4 Å². The molecule has 0 unspecified atom stereocenters. The van der Waals surface area contributed by atoms with Crippen LogP contribution in [-0.4, -0.2) is 58.5 Å². The van der Waals surface area contributed by atoms with E-state index in [1.54, 1.807) is 45.0 Å². The Balaban J connectivity index is 1.54. The first kappa shape index (κ1) is 31.7. The van der Waals surface area contributed by atoms with E-state index in [4.69, 9.17) is 16.3 Å². The highest BCUT2D eigenvalue weighted by molar-refractivity contribution is 7.89. The smallest absolute Gasteiger partial charge is 0.408 e. The van der Waals surface area contributed by atoms with Crippen molar-refractivity contribution in [2.24, 2.45) is 5.41 Å². The van der Waals surface area contributed by atoms with Gasteiger partial charge >= 0.3 is 12.1 Å². The van der Waals surface area contributed by atoms with Gasteiger partial charge in [0.2, 0.25) is 15.9 Å². The summed E-state index contributed by atoms with van der Waals surface area (Å²) in [4.78, 5) is 38.0. The molecule has 13 heteroatoms. The van der Waals surface area contributed by atoms with Crippen LogP contribution >= 0.6 is 11.6 Å². The van der Waals surface area contributed by atoms with Crippen molar-refractivity contribution in [1.82, 2.24) is 14.9 Å². The van der Waals surface area contributed by atoms with E-state index in [1.165, 1.54) is 42.4 Å². The number of carbonyl (C=O) groups excluding carboxylic acids is 2. The summed E-state index contributed by atoms with van der Waals surface area (Å²) in [6.45, 7) is 7.77. The third kappa shape index (κ3) is 6.11. The molecule has 0 heterocycles. The van der Waals surface area contributed by atoms with Crippen LogP contribution in [0.2, 0.25) is 5.02 Å². The molecule has 3 aliphatic rings. The highest BCUT2D eigenvalue weighted by Gasteiger charge is 2.75. The number of hydrogen-bond acceptors (Lipinski definition) is 6. The van der Waals surface area contributed by atoms with Crippen LogP contribution in [-0.2, 0) is 30.9 Å². The Morgan fingerprint density at radius 3 is 2.19 bits per heavy atom. The monoisotopic (exact) mass is 623 g/mol. The van der Waals surface area contributed by atoms with Gasteiger partial charge in [0.25, 0.3) is 0 Å². The number of sulfonamides is 1. The number of hydrogen-bond donors (Lipinski definition) is 3. The predicted octanol–water partition coefficient (Wildman–Crippen LogP) is 4.47. The molecule has 2 amide bonds. The van der Waals surface area contributed by atoms with Gasteiger partial charge in [0.05, 0.1) is 20.9 Å². The Morgan fingerprint density at radius 1 is 1.07 bits per heavy atom. The number of ether oxygens (including phenoxy) is 1. The molecule has 0 spiro atoms. The molecule has 2 bridgehead atoms. The van der Waals surface area contributed by atoms with Gasteiger partial charge in [0.15, 0.2) is 0 Å². The highest BCUT2D eigenvalue weighted by Crippen LogP contribution is 2.71. The molecule has 3 aliphatic carbocycles. The predicted molar refractivity (Wildman–Crippen MR) is 153 cm³/mol. The molecule has 5 rings (SSSR count). The van der Waals surface area contributed by atoms with Crippen molar-refractivity contribution in [3.05, 3.63) is 64.9 Å². The number of carbonyl (C=O) groups is 3. The minimum Gasteiger partial charge on any atom is -0.480 e. The van der Waals surface area contributed by atoms with Gasteiger partial charge in [0, 0.05) is 12.1 Å². The molecule has 0 radical (unpaired) electrons. The molecule has 228 valence electrons. The van der Waals surface area contributed by atoms with Crippen LogP contribution in [0.3, 0.4) is 0 Å².